The van der Waals surface area contributed by atoms with Crippen LogP contribution in [0.25, 0.3) is 0 Å². The van der Waals surface area contributed by atoms with Gasteiger partial charge in [-0.15, -0.1) is 0 Å². The van der Waals surface area contributed by atoms with Crippen molar-refractivity contribution in [2.24, 2.45) is 0 Å². The number of aliphatic hydroxyl groups is 1. The molecule has 2 aromatic carbocycles. The predicted molar refractivity (Wildman–Crippen MR) is 79.0 cm³/mol. The van der Waals surface area contributed by atoms with Crippen molar-refractivity contribution < 1.29 is 14.6 Å². The van der Waals surface area contributed by atoms with E-state index in [1.54, 1.807) is 27.0 Å². The van der Waals surface area contributed by atoms with Crippen LogP contribution in [0.3, 0.4) is 0 Å². The summed E-state index contributed by atoms with van der Waals surface area (Å²) in [5.74, 6) is 1.35. The molecule has 0 bridgehead atoms. The second-order valence-electron chi connectivity index (χ2n) is 5.20. The standard InChI is InChI=1S/C17H20O3/c1-17(2,18)15-10-9-14(19-3)11-16(15)20-12-13-7-5-4-6-8-13/h4-11,18H,12H2,1-3H3. The molecule has 0 unspecified atom stereocenters. The van der Waals surface area contributed by atoms with Gasteiger partial charge < -0.3 is 14.6 Å². The summed E-state index contributed by atoms with van der Waals surface area (Å²) in [6, 6.07) is 15.4. The van der Waals surface area contributed by atoms with E-state index in [-0.39, 0.29) is 0 Å². The molecule has 0 saturated carbocycles. The third-order valence-electron chi connectivity index (χ3n) is 3.09. The van der Waals surface area contributed by atoms with E-state index in [0.717, 1.165) is 11.1 Å². The van der Waals surface area contributed by atoms with E-state index in [9.17, 15) is 5.11 Å². The Hall–Kier alpha value is -2.00. The van der Waals surface area contributed by atoms with Gasteiger partial charge in [-0.1, -0.05) is 30.3 Å². The highest BCUT2D eigenvalue weighted by atomic mass is 16.5. The second kappa shape index (κ2) is 5.97. The van der Waals surface area contributed by atoms with Crippen LogP contribution in [-0.4, -0.2) is 12.2 Å². The van der Waals surface area contributed by atoms with Crippen LogP contribution in [0.1, 0.15) is 25.0 Å². The molecule has 0 fully saturated rings. The molecule has 0 amide bonds. The average Bonchev–Trinajstić information content (AvgIpc) is 2.45. The zero-order chi connectivity index (χ0) is 14.6. The van der Waals surface area contributed by atoms with Crippen molar-refractivity contribution in [2.75, 3.05) is 7.11 Å². The maximum absolute atomic E-state index is 10.2. The molecule has 0 aliphatic heterocycles. The van der Waals surface area contributed by atoms with Gasteiger partial charge in [0.05, 0.1) is 12.7 Å². The van der Waals surface area contributed by atoms with E-state index in [2.05, 4.69) is 0 Å². The molecule has 0 saturated heterocycles. The van der Waals surface area contributed by atoms with Gasteiger partial charge in [-0.2, -0.15) is 0 Å². The summed E-state index contributed by atoms with van der Waals surface area (Å²) < 4.78 is 11.1. The number of hydrogen-bond acceptors (Lipinski definition) is 3. The van der Waals surface area contributed by atoms with Gasteiger partial charge in [0.25, 0.3) is 0 Å². The van der Waals surface area contributed by atoms with E-state index < -0.39 is 5.60 Å². The van der Waals surface area contributed by atoms with Gasteiger partial charge in [-0.05, 0) is 31.5 Å². The number of benzene rings is 2. The van der Waals surface area contributed by atoms with Gasteiger partial charge in [-0.3, -0.25) is 0 Å². The maximum Gasteiger partial charge on any atom is 0.129 e. The van der Waals surface area contributed by atoms with Crippen LogP contribution in [0, 0.1) is 0 Å². The Balaban J connectivity index is 2.24. The molecule has 0 aliphatic carbocycles. The molecule has 0 heterocycles. The molecule has 3 nitrogen and oxygen atoms in total. The molecule has 20 heavy (non-hydrogen) atoms. The lowest BCUT2D eigenvalue weighted by atomic mass is 9.97. The molecule has 0 aromatic heterocycles. The first kappa shape index (κ1) is 14.4. The molecule has 0 spiro atoms. The Morgan fingerprint density at radius 3 is 2.35 bits per heavy atom. The van der Waals surface area contributed by atoms with Crippen molar-refractivity contribution in [2.45, 2.75) is 26.1 Å². The molecule has 2 aromatic rings. The molecule has 3 heteroatoms. The monoisotopic (exact) mass is 272 g/mol. The molecular weight excluding hydrogens is 252 g/mol. The number of hydrogen-bond donors (Lipinski definition) is 1. The minimum absolute atomic E-state index is 0.455. The van der Waals surface area contributed by atoms with Crippen LogP contribution in [-0.2, 0) is 12.2 Å². The third-order valence-corrected chi connectivity index (χ3v) is 3.09. The first-order chi connectivity index (χ1) is 9.50. The molecule has 1 N–H and O–H groups in total. The van der Waals surface area contributed by atoms with Gasteiger partial charge in [0.1, 0.15) is 18.1 Å². The highest BCUT2D eigenvalue weighted by Gasteiger charge is 2.21. The minimum Gasteiger partial charge on any atom is -0.497 e. The first-order valence-electron chi connectivity index (χ1n) is 6.58. The number of methoxy groups -OCH3 is 1. The fraction of sp³-hybridized carbons (Fsp3) is 0.294. The van der Waals surface area contributed by atoms with E-state index in [1.807, 2.05) is 42.5 Å². The van der Waals surface area contributed by atoms with E-state index in [0.29, 0.717) is 18.1 Å². The number of ether oxygens (including phenoxy) is 2. The summed E-state index contributed by atoms with van der Waals surface area (Å²) in [6.45, 7) is 3.94. The van der Waals surface area contributed by atoms with Crippen LogP contribution in [0.4, 0.5) is 0 Å². The second-order valence-corrected chi connectivity index (χ2v) is 5.20. The summed E-state index contributed by atoms with van der Waals surface area (Å²) in [4.78, 5) is 0. The Labute approximate surface area is 119 Å². The van der Waals surface area contributed by atoms with Crippen LogP contribution >= 0.6 is 0 Å². The van der Waals surface area contributed by atoms with Gasteiger partial charge in [-0.25, -0.2) is 0 Å². The Morgan fingerprint density at radius 1 is 1.05 bits per heavy atom. The maximum atomic E-state index is 10.2. The Morgan fingerprint density at radius 2 is 1.75 bits per heavy atom. The normalized spacial score (nSPS) is 11.2. The van der Waals surface area contributed by atoms with Crippen LogP contribution in [0.5, 0.6) is 11.5 Å². The van der Waals surface area contributed by atoms with E-state index in [4.69, 9.17) is 9.47 Å². The summed E-state index contributed by atoms with van der Waals surface area (Å²) >= 11 is 0. The SMILES string of the molecule is COc1ccc(C(C)(C)O)c(OCc2ccccc2)c1. The fourth-order valence-corrected chi connectivity index (χ4v) is 1.99. The Kier molecular flexibility index (Phi) is 4.30. The lowest BCUT2D eigenvalue weighted by molar-refractivity contribution is 0.0743. The largest absolute Gasteiger partial charge is 0.497 e. The lowest BCUT2D eigenvalue weighted by Gasteiger charge is -2.22. The zero-order valence-electron chi connectivity index (χ0n) is 12.1. The van der Waals surface area contributed by atoms with E-state index in [1.165, 1.54) is 0 Å². The van der Waals surface area contributed by atoms with E-state index >= 15 is 0 Å². The first-order valence-corrected chi connectivity index (χ1v) is 6.58. The summed E-state index contributed by atoms with van der Waals surface area (Å²) in [5.41, 5.74) is 0.865. The van der Waals surface area contributed by atoms with Crippen molar-refractivity contribution in [3.05, 3.63) is 59.7 Å². The van der Waals surface area contributed by atoms with Crippen molar-refractivity contribution in [1.29, 1.82) is 0 Å². The van der Waals surface area contributed by atoms with Crippen LogP contribution in [0.2, 0.25) is 0 Å². The van der Waals surface area contributed by atoms with Gasteiger partial charge >= 0.3 is 0 Å². The molecule has 0 atom stereocenters. The van der Waals surface area contributed by atoms with Gasteiger partial charge in [0.2, 0.25) is 0 Å². The molecule has 2 rings (SSSR count). The topological polar surface area (TPSA) is 38.7 Å². The lowest BCUT2D eigenvalue weighted by Crippen LogP contribution is -2.17. The Bertz CT molecular complexity index is 556. The number of rotatable bonds is 5. The molecular formula is C17H20O3. The minimum atomic E-state index is -0.960. The fourth-order valence-electron chi connectivity index (χ4n) is 1.99. The highest BCUT2D eigenvalue weighted by molar-refractivity contribution is 5.43. The quantitative estimate of drug-likeness (QED) is 0.905. The highest BCUT2D eigenvalue weighted by Crippen LogP contribution is 2.33. The third kappa shape index (κ3) is 3.52. The molecule has 0 aliphatic rings. The summed E-state index contributed by atoms with van der Waals surface area (Å²) in [7, 11) is 1.61. The summed E-state index contributed by atoms with van der Waals surface area (Å²) in [6.07, 6.45) is 0. The zero-order valence-corrected chi connectivity index (χ0v) is 12.1. The average molecular weight is 272 g/mol. The van der Waals surface area contributed by atoms with Gasteiger partial charge in [0, 0.05) is 11.6 Å². The predicted octanol–water partition coefficient (Wildman–Crippen LogP) is 3.50. The van der Waals surface area contributed by atoms with Crippen molar-refractivity contribution in [3.63, 3.8) is 0 Å². The molecule has 106 valence electrons. The van der Waals surface area contributed by atoms with Crippen molar-refractivity contribution in [3.8, 4) is 11.5 Å². The van der Waals surface area contributed by atoms with Crippen molar-refractivity contribution >= 4 is 0 Å². The van der Waals surface area contributed by atoms with Crippen molar-refractivity contribution in [1.82, 2.24) is 0 Å². The summed E-state index contributed by atoms with van der Waals surface area (Å²) in [5, 5.41) is 10.2. The van der Waals surface area contributed by atoms with Gasteiger partial charge in [0.15, 0.2) is 0 Å². The smallest absolute Gasteiger partial charge is 0.129 e. The molecule has 0 radical (unpaired) electrons. The van der Waals surface area contributed by atoms with Crippen LogP contribution < -0.4 is 9.47 Å². The van der Waals surface area contributed by atoms with Crippen LogP contribution in [0.15, 0.2) is 48.5 Å².